The number of hydrogen-bond acceptors (Lipinski definition) is 4. The predicted molar refractivity (Wildman–Crippen MR) is 76.5 cm³/mol. The summed E-state index contributed by atoms with van der Waals surface area (Å²) in [6.45, 7) is 1.87. The number of hydrogen-bond donors (Lipinski definition) is 1. The average Bonchev–Trinajstić information content (AvgIpc) is 2.80. The van der Waals surface area contributed by atoms with E-state index in [9.17, 15) is 9.59 Å². The maximum Gasteiger partial charge on any atom is 0.331 e. The first-order valence-electron chi connectivity index (χ1n) is 6.67. The molecule has 2 heterocycles. The molecule has 1 fully saturated rings. The molecule has 6 nitrogen and oxygen atoms in total. The lowest BCUT2D eigenvalue weighted by Crippen LogP contribution is -2.43. The Balaban J connectivity index is 2.07. The minimum Gasteiger partial charge on any atom is -0.319 e. The zero-order valence-electron chi connectivity index (χ0n) is 11.5. The minimum absolute atomic E-state index is 0.228. The van der Waals surface area contributed by atoms with Crippen molar-refractivity contribution in [2.24, 2.45) is 0 Å². The molecule has 3 rings (SSSR count). The molecule has 1 saturated heterocycles. The lowest BCUT2D eigenvalue weighted by atomic mass is 9.87. The number of benzene rings is 1. The fourth-order valence-corrected chi connectivity index (χ4v) is 2.55. The molecule has 1 N–H and O–H groups in total. The summed E-state index contributed by atoms with van der Waals surface area (Å²) in [5.74, 6) is -0.104. The van der Waals surface area contributed by atoms with Crippen molar-refractivity contribution in [1.29, 1.82) is 0 Å². The molecule has 1 atom stereocenters. The van der Waals surface area contributed by atoms with E-state index in [1.165, 1.54) is 18.6 Å². The van der Waals surface area contributed by atoms with Gasteiger partial charge >= 0.3 is 6.03 Å². The van der Waals surface area contributed by atoms with Gasteiger partial charge in [0, 0.05) is 12.4 Å². The summed E-state index contributed by atoms with van der Waals surface area (Å²) >= 11 is 0. The zero-order chi connectivity index (χ0) is 14.9. The summed E-state index contributed by atoms with van der Waals surface area (Å²) in [4.78, 5) is 34.1. The van der Waals surface area contributed by atoms with Crippen molar-refractivity contribution in [3.05, 3.63) is 54.5 Å². The van der Waals surface area contributed by atoms with E-state index in [1.807, 2.05) is 37.3 Å². The molecule has 1 aromatic carbocycles. The Hall–Kier alpha value is -2.76. The van der Waals surface area contributed by atoms with Crippen LogP contribution in [0, 0.1) is 0 Å². The van der Waals surface area contributed by atoms with E-state index in [1.54, 1.807) is 0 Å². The Morgan fingerprint density at radius 2 is 1.95 bits per heavy atom. The van der Waals surface area contributed by atoms with Crippen LogP contribution in [0.2, 0.25) is 0 Å². The van der Waals surface area contributed by atoms with Crippen LogP contribution in [-0.4, -0.2) is 21.9 Å². The maximum absolute atomic E-state index is 12.8. The Bertz CT molecular complexity index is 675. The Morgan fingerprint density at radius 1 is 1.19 bits per heavy atom. The van der Waals surface area contributed by atoms with E-state index in [-0.39, 0.29) is 11.7 Å². The van der Waals surface area contributed by atoms with Crippen molar-refractivity contribution >= 4 is 17.8 Å². The van der Waals surface area contributed by atoms with Gasteiger partial charge in [-0.05, 0) is 12.0 Å². The number of anilines is 1. The molecule has 1 aliphatic rings. The Labute approximate surface area is 121 Å². The lowest BCUT2D eigenvalue weighted by Gasteiger charge is -2.25. The van der Waals surface area contributed by atoms with Gasteiger partial charge in [0.05, 0.1) is 6.20 Å². The molecule has 6 heteroatoms. The van der Waals surface area contributed by atoms with Gasteiger partial charge in [0.15, 0.2) is 5.82 Å². The Kier molecular flexibility index (Phi) is 3.13. The number of nitrogens with one attached hydrogen (secondary N) is 1. The SMILES string of the molecule is CCC1(c2ccccc2)NC(=O)N(c2cnccn2)C1=O. The molecular formula is C15H14N4O2. The van der Waals surface area contributed by atoms with Crippen LogP contribution in [0.5, 0.6) is 0 Å². The first kappa shape index (κ1) is 13.2. The minimum atomic E-state index is -1.05. The number of aromatic nitrogens is 2. The van der Waals surface area contributed by atoms with Crippen molar-refractivity contribution in [3.63, 3.8) is 0 Å². The highest BCUT2D eigenvalue weighted by atomic mass is 16.2. The largest absolute Gasteiger partial charge is 0.331 e. The number of rotatable bonds is 3. The summed E-state index contributed by atoms with van der Waals surface area (Å²) in [6, 6.07) is 8.75. The lowest BCUT2D eigenvalue weighted by molar-refractivity contribution is -0.122. The molecule has 0 bridgehead atoms. The second-order valence-corrected chi connectivity index (χ2v) is 4.76. The molecule has 0 radical (unpaired) electrons. The normalized spacial score (nSPS) is 21.5. The fourth-order valence-electron chi connectivity index (χ4n) is 2.55. The van der Waals surface area contributed by atoms with Crippen LogP contribution in [0.3, 0.4) is 0 Å². The molecule has 2 aromatic rings. The first-order valence-corrected chi connectivity index (χ1v) is 6.67. The molecule has 0 spiro atoms. The van der Waals surface area contributed by atoms with E-state index in [4.69, 9.17) is 0 Å². The van der Waals surface area contributed by atoms with Gasteiger partial charge in [-0.1, -0.05) is 37.3 Å². The van der Waals surface area contributed by atoms with Crippen LogP contribution < -0.4 is 10.2 Å². The van der Waals surface area contributed by atoms with Crippen molar-refractivity contribution < 1.29 is 9.59 Å². The van der Waals surface area contributed by atoms with Gasteiger partial charge in [0.2, 0.25) is 0 Å². The van der Waals surface area contributed by atoms with Crippen LogP contribution in [0.25, 0.3) is 0 Å². The Morgan fingerprint density at radius 3 is 2.57 bits per heavy atom. The molecule has 21 heavy (non-hydrogen) atoms. The van der Waals surface area contributed by atoms with Crippen molar-refractivity contribution in [3.8, 4) is 0 Å². The van der Waals surface area contributed by atoms with Gasteiger partial charge in [0.1, 0.15) is 5.54 Å². The molecule has 3 amide bonds. The smallest absolute Gasteiger partial charge is 0.319 e. The van der Waals surface area contributed by atoms with Crippen LogP contribution in [0.15, 0.2) is 48.9 Å². The van der Waals surface area contributed by atoms with Crippen molar-refractivity contribution in [2.75, 3.05) is 4.90 Å². The summed E-state index contributed by atoms with van der Waals surface area (Å²) in [7, 11) is 0. The predicted octanol–water partition coefficient (Wildman–Crippen LogP) is 1.84. The zero-order valence-corrected chi connectivity index (χ0v) is 11.5. The molecule has 0 aliphatic carbocycles. The summed E-state index contributed by atoms with van der Waals surface area (Å²) in [6.07, 6.45) is 4.79. The highest BCUT2D eigenvalue weighted by Gasteiger charge is 2.52. The topological polar surface area (TPSA) is 75.2 Å². The third-order valence-corrected chi connectivity index (χ3v) is 3.67. The van der Waals surface area contributed by atoms with Gasteiger partial charge in [-0.3, -0.25) is 9.78 Å². The van der Waals surface area contributed by atoms with Crippen LogP contribution >= 0.6 is 0 Å². The first-order chi connectivity index (χ1) is 10.2. The number of carbonyl (C=O) groups excluding carboxylic acids is 2. The summed E-state index contributed by atoms with van der Waals surface area (Å²) in [5, 5.41) is 2.80. The van der Waals surface area contributed by atoms with Gasteiger partial charge < -0.3 is 5.32 Å². The average molecular weight is 282 g/mol. The molecule has 1 aromatic heterocycles. The maximum atomic E-state index is 12.8. The van der Waals surface area contributed by atoms with Gasteiger partial charge in [-0.25, -0.2) is 14.7 Å². The highest BCUT2D eigenvalue weighted by molar-refractivity contribution is 6.22. The van der Waals surface area contributed by atoms with E-state index >= 15 is 0 Å². The quantitative estimate of drug-likeness (QED) is 0.872. The molecule has 1 aliphatic heterocycles. The van der Waals surface area contributed by atoms with Crippen LogP contribution in [-0.2, 0) is 10.3 Å². The van der Waals surface area contributed by atoms with Crippen LogP contribution in [0.4, 0.5) is 10.6 Å². The van der Waals surface area contributed by atoms with E-state index in [0.29, 0.717) is 6.42 Å². The summed E-state index contributed by atoms with van der Waals surface area (Å²) < 4.78 is 0. The molecule has 106 valence electrons. The van der Waals surface area contributed by atoms with E-state index in [2.05, 4.69) is 15.3 Å². The van der Waals surface area contributed by atoms with E-state index in [0.717, 1.165) is 10.5 Å². The fraction of sp³-hybridized carbons (Fsp3) is 0.200. The number of urea groups is 1. The molecular weight excluding hydrogens is 268 g/mol. The van der Waals surface area contributed by atoms with E-state index < -0.39 is 11.6 Å². The number of carbonyl (C=O) groups is 2. The van der Waals surface area contributed by atoms with Crippen LogP contribution in [0.1, 0.15) is 18.9 Å². The van der Waals surface area contributed by atoms with Crippen molar-refractivity contribution in [1.82, 2.24) is 15.3 Å². The number of nitrogens with zero attached hydrogens (tertiary/aromatic N) is 3. The molecule has 0 saturated carbocycles. The number of amides is 3. The monoisotopic (exact) mass is 282 g/mol. The summed E-state index contributed by atoms with van der Waals surface area (Å²) in [5.41, 5.74) is -0.284. The third kappa shape index (κ3) is 1.96. The number of imide groups is 1. The second kappa shape index (κ2) is 4.97. The standard InChI is InChI=1S/C15H14N4O2/c1-2-15(11-6-4-3-5-7-11)13(20)19(14(21)18-15)12-10-16-8-9-17-12/h3-10H,2H2,1H3,(H,18,21). The second-order valence-electron chi connectivity index (χ2n) is 4.76. The van der Waals surface area contributed by atoms with Crippen molar-refractivity contribution in [2.45, 2.75) is 18.9 Å². The van der Waals surface area contributed by atoms with Gasteiger partial charge in [-0.15, -0.1) is 0 Å². The third-order valence-electron chi connectivity index (χ3n) is 3.67. The highest BCUT2D eigenvalue weighted by Crippen LogP contribution is 2.33. The van der Waals surface area contributed by atoms with Gasteiger partial charge in [-0.2, -0.15) is 0 Å². The molecule has 1 unspecified atom stereocenters. The van der Waals surface area contributed by atoms with Gasteiger partial charge in [0.25, 0.3) is 5.91 Å².